The molecule has 0 aromatic heterocycles. The molecule has 0 aliphatic rings. The van der Waals surface area contributed by atoms with Crippen LogP contribution < -0.4 is 14.4 Å². The zero-order chi connectivity index (χ0) is 17.6. The van der Waals surface area contributed by atoms with E-state index in [1.165, 1.54) is 17.5 Å². The lowest BCUT2D eigenvalue weighted by Crippen LogP contribution is -2.38. The van der Waals surface area contributed by atoms with Crippen LogP contribution in [0.4, 0.5) is 5.69 Å². The maximum atomic E-state index is 12.0. The molecule has 6 nitrogen and oxygen atoms in total. The van der Waals surface area contributed by atoms with Crippen LogP contribution in [0.3, 0.4) is 0 Å². The van der Waals surface area contributed by atoms with Crippen LogP contribution >= 0.6 is 11.6 Å². The van der Waals surface area contributed by atoms with Crippen LogP contribution in [0.1, 0.15) is 20.3 Å². The number of carbonyl (C=O) groups is 1. The normalized spacial score (nSPS) is 11.4. The van der Waals surface area contributed by atoms with Gasteiger partial charge in [-0.1, -0.05) is 25.4 Å². The van der Waals surface area contributed by atoms with Gasteiger partial charge in [0.25, 0.3) is 0 Å². The first kappa shape index (κ1) is 19.6. The Morgan fingerprint density at radius 1 is 1.39 bits per heavy atom. The number of hydrogen-bond donors (Lipinski definition) is 1. The SMILES string of the molecule is COc1ccc(N(CCNC(=O)CC(C)C)S(C)(=O)=O)cc1Cl. The number of amides is 1. The smallest absolute Gasteiger partial charge is 0.232 e. The maximum Gasteiger partial charge on any atom is 0.232 e. The molecule has 8 heteroatoms. The molecule has 0 atom stereocenters. The highest BCUT2D eigenvalue weighted by molar-refractivity contribution is 7.92. The van der Waals surface area contributed by atoms with Gasteiger partial charge in [0.1, 0.15) is 5.75 Å². The molecule has 0 saturated carbocycles. The quantitative estimate of drug-likeness (QED) is 0.769. The van der Waals surface area contributed by atoms with Crippen molar-refractivity contribution in [2.24, 2.45) is 5.92 Å². The Labute approximate surface area is 142 Å². The van der Waals surface area contributed by atoms with Gasteiger partial charge in [0.2, 0.25) is 15.9 Å². The number of nitrogens with zero attached hydrogens (tertiary/aromatic N) is 1. The van der Waals surface area contributed by atoms with E-state index in [4.69, 9.17) is 16.3 Å². The minimum atomic E-state index is -3.49. The third-order valence-corrected chi connectivity index (χ3v) is 4.54. The highest BCUT2D eigenvalue weighted by Gasteiger charge is 2.18. The van der Waals surface area contributed by atoms with Gasteiger partial charge in [-0.3, -0.25) is 9.10 Å². The van der Waals surface area contributed by atoms with Crippen molar-refractivity contribution in [2.45, 2.75) is 20.3 Å². The van der Waals surface area contributed by atoms with E-state index in [9.17, 15) is 13.2 Å². The van der Waals surface area contributed by atoms with Crippen LogP contribution in [0, 0.1) is 5.92 Å². The molecule has 0 radical (unpaired) electrons. The van der Waals surface area contributed by atoms with Crippen molar-refractivity contribution in [1.82, 2.24) is 5.32 Å². The average Bonchev–Trinajstić information content (AvgIpc) is 2.41. The molecule has 130 valence electrons. The van der Waals surface area contributed by atoms with Gasteiger partial charge in [0, 0.05) is 13.0 Å². The first-order valence-corrected chi connectivity index (χ1v) is 9.45. The van der Waals surface area contributed by atoms with Crippen LogP contribution in [0.2, 0.25) is 5.02 Å². The predicted octanol–water partition coefficient (Wildman–Crippen LogP) is 2.28. The predicted molar refractivity (Wildman–Crippen MR) is 92.7 cm³/mol. The number of anilines is 1. The van der Waals surface area contributed by atoms with E-state index in [0.717, 1.165) is 6.26 Å². The van der Waals surface area contributed by atoms with Crippen molar-refractivity contribution in [2.75, 3.05) is 30.8 Å². The summed E-state index contributed by atoms with van der Waals surface area (Å²) in [5.41, 5.74) is 0.427. The third-order valence-electron chi connectivity index (χ3n) is 3.05. The number of hydrogen-bond acceptors (Lipinski definition) is 4. The summed E-state index contributed by atoms with van der Waals surface area (Å²) in [4.78, 5) is 11.6. The molecular formula is C15H23ClN2O4S. The number of ether oxygens (including phenoxy) is 1. The molecule has 1 rings (SSSR count). The second-order valence-corrected chi connectivity index (χ2v) is 7.92. The molecule has 0 bridgehead atoms. The van der Waals surface area contributed by atoms with Crippen molar-refractivity contribution in [3.8, 4) is 5.75 Å². The lowest BCUT2D eigenvalue weighted by Gasteiger charge is -2.23. The van der Waals surface area contributed by atoms with Crippen molar-refractivity contribution in [3.63, 3.8) is 0 Å². The molecule has 1 aromatic rings. The van der Waals surface area contributed by atoms with Gasteiger partial charge < -0.3 is 10.1 Å². The second-order valence-electron chi connectivity index (χ2n) is 5.60. The topological polar surface area (TPSA) is 75.7 Å². The van der Waals surface area contributed by atoms with Crippen molar-refractivity contribution in [1.29, 1.82) is 0 Å². The fraction of sp³-hybridized carbons (Fsp3) is 0.533. The molecule has 0 saturated heterocycles. The van der Waals surface area contributed by atoms with Crippen LogP contribution in [0.25, 0.3) is 0 Å². The molecule has 0 spiro atoms. The van der Waals surface area contributed by atoms with Crippen molar-refractivity contribution in [3.05, 3.63) is 23.2 Å². The minimum absolute atomic E-state index is 0.0961. The maximum absolute atomic E-state index is 12.0. The third kappa shape index (κ3) is 6.27. The van der Waals surface area contributed by atoms with Gasteiger partial charge in [0.15, 0.2) is 0 Å². The summed E-state index contributed by atoms with van der Waals surface area (Å²) in [6.07, 6.45) is 1.52. The van der Waals surface area contributed by atoms with Gasteiger partial charge in [-0.2, -0.15) is 0 Å². The zero-order valence-corrected chi connectivity index (χ0v) is 15.4. The zero-order valence-electron chi connectivity index (χ0n) is 13.8. The van der Waals surface area contributed by atoms with Crippen molar-refractivity contribution < 1.29 is 17.9 Å². The molecule has 1 N–H and O–H groups in total. The van der Waals surface area contributed by atoms with E-state index < -0.39 is 10.0 Å². The summed E-state index contributed by atoms with van der Waals surface area (Å²) >= 11 is 6.05. The molecule has 0 aliphatic carbocycles. The summed E-state index contributed by atoms with van der Waals surface area (Å²) in [6.45, 7) is 4.25. The number of rotatable bonds is 8. The summed E-state index contributed by atoms with van der Waals surface area (Å²) < 4.78 is 30.2. The molecule has 23 heavy (non-hydrogen) atoms. The molecule has 0 aliphatic heterocycles. The Morgan fingerprint density at radius 2 is 2.04 bits per heavy atom. The fourth-order valence-electron chi connectivity index (χ4n) is 2.04. The lowest BCUT2D eigenvalue weighted by atomic mass is 10.1. The fourth-order valence-corrected chi connectivity index (χ4v) is 3.21. The van der Waals surface area contributed by atoms with Crippen LogP contribution in [-0.2, 0) is 14.8 Å². The number of benzene rings is 1. The number of methoxy groups -OCH3 is 1. The first-order chi connectivity index (χ1) is 10.6. The van der Waals surface area contributed by atoms with Crippen LogP contribution in [0.15, 0.2) is 18.2 Å². The van der Waals surface area contributed by atoms with E-state index in [1.807, 2.05) is 13.8 Å². The van der Waals surface area contributed by atoms with Gasteiger partial charge in [-0.25, -0.2) is 8.42 Å². The summed E-state index contributed by atoms with van der Waals surface area (Å²) in [5.74, 6) is 0.622. The molecule has 1 amide bonds. The summed E-state index contributed by atoms with van der Waals surface area (Å²) in [5, 5.41) is 3.04. The highest BCUT2D eigenvalue weighted by Crippen LogP contribution is 2.29. The van der Waals surface area contributed by atoms with E-state index in [1.54, 1.807) is 12.1 Å². The molecule has 0 fully saturated rings. The summed E-state index contributed by atoms with van der Waals surface area (Å²) in [7, 11) is -2.01. The number of nitrogens with one attached hydrogen (secondary N) is 1. The molecular weight excluding hydrogens is 340 g/mol. The Morgan fingerprint density at radius 3 is 2.52 bits per heavy atom. The molecule has 1 aromatic carbocycles. The monoisotopic (exact) mass is 362 g/mol. The van der Waals surface area contributed by atoms with Crippen molar-refractivity contribution >= 4 is 33.2 Å². The van der Waals surface area contributed by atoms with Gasteiger partial charge in [-0.15, -0.1) is 0 Å². The van der Waals surface area contributed by atoms with E-state index in [0.29, 0.717) is 22.9 Å². The van der Waals surface area contributed by atoms with E-state index in [2.05, 4.69) is 5.32 Å². The van der Waals surface area contributed by atoms with E-state index in [-0.39, 0.29) is 24.9 Å². The Hall–Kier alpha value is -1.47. The van der Waals surface area contributed by atoms with Gasteiger partial charge >= 0.3 is 0 Å². The summed E-state index contributed by atoms with van der Waals surface area (Å²) in [6, 6.07) is 4.74. The average molecular weight is 363 g/mol. The molecule has 0 unspecified atom stereocenters. The number of sulfonamides is 1. The standard InChI is InChI=1S/C15H23ClN2O4S/c1-11(2)9-15(19)17-7-8-18(23(4,20)21)12-5-6-14(22-3)13(16)10-12/h5-6,10-11H,7-9H2,1-4H3,(H,17,19). The van der Waals surface area contributed by atoms with Gasteiger partial charge in [0.05, 0.1) is 30.6 Å². The minimum Gasteiger partial charge on any atom is -0.495 e. The highest BCUT2D eigenvalue weighted by atomic mass is 35.5. The molecule has 0 heterocycles. The van der Waals surface area contributed by atoms with Crippen LogP contribution in [-0.4, -0.2) is 40.8 Å². The first-order valence-electron chi connectivity index (χ1n) is 7.23. The largest absolute Gasteiger partial charge is 0.495 e. The number of carbonyl (C=O) groups excluding carboxylic acids is 1. The Bertz CT molecular complexity index is 647. The Kier molecular flexibility index (Phi) is 7.15. The van der Waals surface area contributed by atoms with Gasteiger partial charge in [-0.05, 0) is 24.1 Å². The lowest BCUT2D eigenvalue weighted by molar-refractivity contribution is -0.121. The van der Waals surface area contributed by atoms with E-state index >= 15 is 0 Å². The number of halogens is 1. The second kappa shape index (κ2) is 8.40. The Balaban J connectivity index is 2.83. The van der Waals surface area contributed by atoms with Crippen LogP contribution in [0.5, 0.6) is 5.75 Å².